The molecule has 0 aromatic heterocycles. The van der Waals surface area contributed by atoms with Crippen LogP contribution in [0.15, 0.2) is 237 Å². The maximum Gasteiger partial charge on any atom is 0.0719 e. The summed E-state index contributed by atoms with van der Waals surface area (Å²) in [5.74, 6) is 0. The van der Waals surface area contributed by atoms with Gasteiger partial charge in [0, 0.05) is 27.9 Å². The predicted molar refractivity (Wildman–Crippen MR) is 294 cm³/mol. The molecule has 11 aromatic carbocycles. The van der Waals surface area contributed by atoms with Crippen LogP contribution in [-0.2, 0) is 16.2 Å². The Morgan fingerprint density at radius 1 is 0.271 bits per heavy atom. The molecule has 0 aliphatic heterocycles. The summed E-state index contributed by atoms with van der Waals surface area (Å²) in [6, 6.07) is 89.1. The van der Waals surface area contributed by atoms with E-state index in [0.717, 1.165) is 17.1 Å². The topological polar surface area (TPSA) is 3.24 Å². The third kappa shape index (κ3) is 5.61. The molecule has 0 fully saturated rings. The summed E-state index contributed by atoms with van der Waals surface area (Å²) in [6.45, 7) is 9.51. The maximum atomic E-state index is 2.44. The van der Waals surface area contributed by atoms with Gasteiger partial charge in [-0.2, -0.15) is 0 Å². The van der Waals surface area contributed by atoms with Crippen molar-refractivity contribution in [3.05, 3.63) is 281 Å². The monoisotopic (exact) mass is 893 g/mol. The van der Waals surface area contributed by atoms with E-state index in [2.05, 4.69) is 269 Å². The summed E-state index contributed by atoms with van der Waals surface area (Å²) in [4.78, 5) is 2.44. The lowest BCUT2D eigenvalue weighted by Crippen LogP contribution is -2.40. The number of fused-ring (bicyclic) bond motifs is 15. The minimum Gasteiger partial charge on any atom is -0.310 e. The van der Waals surface area contributed by atoms with Crippen LogP contribution in [0.5, 0.6) is 0 Å². The second kappa shape index (κ2) is 14.9. The van der Waals surface area contributed by atoms with Crippen LogP contribution in [0.25, 0.3) is 66.1 Å². The molecule has 11 aromatic rings. The highest BCUT2D eigenvalue weighted by molar-refractivity contribution is 6.10. The Balaban J connectivity index is 0.896. The Morgan fingerprint density at radius 2 is 0.743 bits per heavy atom. The average Bonchev–Trinajstić information content (AvgIpc) is 3.84. The molecular formula is C69H51N. The van der Waals surface area contributed by atoms with Crippen molar-refractivity contribution in [3.63, 3.8) is 0 Å². The quantitative estimate of drug-likeness (QED) is 0.156. The molecule has 0 atom stereocenters. The molecule has 0 heterocycles. The van der Waals surface area contributed by atoms with Gasteiger partial charge in [-0.25, -0.2) is 0 Å². The summed E-state index contributed by atoms with van der Waals surface area (Å²) >= 11 is 0. The summed E-state index contributed by atoms with van der Waals surface area (Å²) in [7, 11) is 0. The largest absolute Gasteiger partial charge is 0.310 e. The fourth-order valence-electron chi connectivity index (χ4n) is 13.2. The lowest BCUT2D eigenvalue weighted by atomic mass is 9.55. The molecule has 1 spiro atoms. The van der Waals surface area contributed by atoms with E-state index in [4.69, 9.17) is 0 Å². The van der Waals surface area contributed by atoms with E-state index in [1.165, 1.54) is 111 Å². The molecule has 0 radical (unpaired) electrons. The summed E-state index contributed by atoms with van der Waals surface area (Å²) in [6.07, 6.45) is 0. The molecule has 332 valence electrons. The minimum absolute atomic E-state index is 0.111. The molecule has 0 saturated carbocycles. The fourth-order valence-corrected chi connectivity index (χ4v) is 13.2. The van der Waals surface area contributed by atoms with Crippen molar-refractivity contribution in [2.75, 3.05) is 4.90 Å². The third-order valence-corrected chi connectivity index (χ3v) is 16.5. The first-order chi connectivity index (χ1) is 34.2. The fraction of sp³-hybridized carbons (Fsp3) is 0.101. The second-order valence-electron chi connectivity index (χ2n) is 20.8. The zero-order chi connectivity index (χ0) is 46.9. The smallest absolute Gasteiger partial charge is 0.0719 e. The van der Waals surface area contributed by atoms with Crippen LogP contribution in [0, 0.1) is 0 Å². The van der Waals surface area contributed by atoms with Gasteiger partial charge < -0.3 is 4.90 Å². The first-order valence-corrected chi connectivity index (χ1v) is 24.8. The molecule has 1 nitrogen and oxygen atoms in total. The van der Waals surface area contributed by atoms with Gasteiger partial charge in [0.15, 0.2) is 0 Å². The minimum atomic E-state index is -0.422. The molecule has 14 rings (SSSR count). The van der Waals surface area contributed by atoms with Gasteiger partial charge in [0.25, 0.3) is 0 Å². The number of hydrogen-bond acceptors (Lipinski definition) is 1. The molecular weight excluding hydrogens is 843 g/mol. The highest BCUT2D eigenvalue weighted by atomic mass is 15.1. The van der Waals surface area contributed by atoms with Crippen LogP contribution in [0.3, 0.4) is 0 Å². The van der Waals surface area contributed by atoms with Crippen LogP contribution in [0.1, 0.15) is 72.2 Å². The van der Waals surface area contributed by atoms with Crippen molar-refractivity contribution in [2.45, 2.75) is 43.9 Å². The van der Waals surface area contributed by atoms with Crippen LogP contribution >= 0.6 is 0 Å². The van der Waals surface area contributed by atoms with E-state index in [-0.39, 0.29) is 10.8 Å². The van der Waals surface area contributed by atoms with Gasteiger partial charge in [-0.3, -0.25) is 0 Å². The van der Waals surface area contributed by atoms with Gasteiger partial charge in [-0.1, -0.05) is 222 Å². The molecule has 0 bridgehead atoms. The Morgan fingerprint density at radius 3 is 1.46 bits per heavy atom. The van der Waals surface area contributed by atoms with Gasteiger partial charge in [0.2, 0.25) is 0 Å². The predicted octanol–water partition coefficient (Wildman–Crippen LogP) is 18.1. The maximum absolute atomic E-state index is 2.44. The normalized spacial score (nSPS) is 14.9. The van der Waals surface area contributed by atoms with Gasteiger partial charge in [0.1, 0.15) is 0 Å². The first kappa shape index (κ1) is 40.8. The van der Waals surface area contributed by atoms with E-state index in [1.54, 1.807) is 0 Å². The Bertz CT molecular complexity index is 3900. The van der Waals surface area contributed by atoms with Crippen molar-refractivity contribution in [3.8, 4) is 44.5 Å². The van der Waals surface area contributed by atoms with Gasteiger partial charge in [0.05, 0.1) is 5.41 Å². The highest BCUT2D eigenvalue weighted by Gasteiger charge is 2.53. The lowest BCUT2D eigenvalue weighted by molar-refractivity contribution is 0.563. The molecule has 0 unspecified atom stereocenters. The third-order valence-electron chi connectivity index (χ3n) is 16.5. The van der Waals surface area contributed by atoms with Crippen molar-refractivity contribution in [1.82, 2.24) is 0 Å². The van der Waals surface area contributed by atoms with Crippen LogP contribution in [0.4, 0.5) is 17.1 Å². The van der Waals surface area contributed by atoms with E-state index in [0.29, 0.717) is 0 Å². The van der Waals surface area contributed by atoms with Crippen molar-refractivity contribution < 1.29 is 0 Å². The van der Waals surface area contributed by atoms with Crippen molar-refractivity contribution in [2.24, 2.45) is 0 Å². The van der Waals surface area contributed by atoms with E-state index < -0.39 is 5.41 Å². The van der Waals surface area contributed by atoms with Crippen molar-refractivity contribution in [1.29, 1.82) is 0 Å². The van der Waals surface area contributed by atoms with Gasteiger partial charge in [-0.15, -0.1) is 0 Å². The van der Waals surface area contributed by atoms with E-state index in [1.807, 2.05) is 0 Å². The highest BCUT2D eigenvalue weighted by Crippen LogP contribution is 2.63. The first-order valence-electron chi connectivity index (χ1n) is 24.8. The Hall–Kier alpha value is -8.26. The number of benzene rings is 11. The van der Waals surface area contributed by atoms with Gasteiger partial charge in [-0.05, 0) is 153 Å². The lowest BCUT2D eigenvalue weighted by Gasteiger charge is -2.46. The molecule has 1 heteroatoms. The van der Waals surface area contributed by atoms with E-state index in [9.17, 15) is 0 Å². The van der Waals surface area contributed by atoms with Crippen LogP contribution in [-0.4, -0.2) is 0 Å². The zero-order valence-corrected chi connectivity index (χ0v) is 40.0. The Kier molecular flexibility index (Phi) is 8.66. The SMILES string of the molecule is CC1(C)c2ccccc2-c2ccc(N(c3ccc(-c4ccccc4)cc3)c3ccc4c(ccc5cc(-c6cccc7c6-c6ccccc6C76c7ccccc7C(C)(C)c7ccccc76)ccc54)c3)cc21. The molecule has 0 saturated heterocycles. The second-order valence-corrected chi connectivity index (χ2v) is 20.8. The molecule has 0 N–H and O–H groups in total. The van der Waals surface area contributed by atoms with Gasteiger partial charge >= 0.3 is 0 Å². The number of anilines is 3. The summed E-state index contributed by atoms with van der Waals surface area (Å²) in [5, 5.41) is 4.95. The summed E-state index contributed by atoms with van der Waals surface area (Å²) in [5.41, 5.74) is 24.0. The Labute approximate surface area is 411 Å². The zero-order valence-electron chi connectivity index (χ0n) is 40.0. The number of nitrogens with zero attached hydrogens (tertiary/aromatic N) is 1. The molecule has 0 amide bonds. The standard InChI is InChI=1S/C69H51N/c1-67(2)58-22-10-8-19-55(58)56-40-37-51(43-65(56)67)70(49-34-31-45(32-35-49)44-17-6-5-7-18-44)50-36-39-53-48(42-50)30-29-46-41-47(33-38-52(46)53)54-21-16-28-64-66(54)57-20-9-11-23-59(57)69(64)62-26-14-12-24-60(62)68(3,4)61-25-13-15-27-63(61)69/h5-43H,1-4H3. The van der Waals surface area contributed by atoms with Crippen LogP contribution in [0.2, 0.25) is 0 Å². The number of hydrogen-bond donors (Lipinski definition) is 0. The van der Waals surface area contributed by atoms with Crippen LogP contribution < -0.4 is 4.90 Å². The van der Waals surface area contributed by atoms with E-state index >= 15 is 0 Å². The molecule has 70 heavy (non-hydrogen) atoms. The van der Waals surface area contributed by atoms with Crippen molar-refractivity contribution >= 4 is 38.6 Å². The summed E-state index contributed by atoms with van der Waals surface area (Å²) < 4.78 is 0. The molecule has 3 aliphatic rings. The molecule has 3 aliphatic carbocycles. The average molecular weight is 894 g/mol. The number of rotatable bonds is 5.